The molecule has 1 unspecified atom stereocenters. The summed E-state index contributed by atoms with van der Waals surface area (Å²) < 4.78 is 5.52. The molecule has 1 aromatic rings. The average Bonchev–Trinajstić information content (AvgIpc) is 2.88. The molecule has 4 nitrogen and oxygen atoms in total. The Morgan fingerprint density at radius 2 is 2.11 bits per heavy atom. The molecule has 1 saturated heterocycles. The number of aryl methyl sites for hydroxylation is 2. The minimum Gasteiger partial charge on any atom is -0.466 e. The molecule has 0 aromatic carbocycles. The zero-order valence-electron chi connectivity index (χ0n) is 11.7. The molecular formula is C14H22N2O2. The molecule has 1 amide bonds. The maximum Gasteiger partial charge on any atom is 0.257 e. The van der Waals surface area contributed by atoms with E-state index in [0.717, 1.165) is 42.2 Å². The van der Waals surface area contributed by atoms with Crippen molar-refractivity contribution in [1.82, 2.24) is 10.2 Å². The molecule has 4 heteroatoms. The highest BCUT2D eigenvalue weighted by Gasteiger charge is 2.24. The fraction of sp³-hybridized carbons (Fsp3) is 0.643. The van der Waals surface area contributed by atoms with Gasteiger partial charge in [-0.2, -0.15) is 0 Å². The highest BCUT2D eigenvalue weighted by molar-refractivity contribution is 5.96. The minimum absolute atomic E-state index is 0.0653. The largest absolute Gasteiger partial charge is 0.466 e. The molecule has 1 aliphatic heterocycles. The fourth-order valence-electron chi connectivity index (χ4n) is 2.63. The van der Waals surface area contributed by atoms with E-state index in [1.165, 1.54) is 6.42 Å². The van der Waals surface area contributed by atoms with Gasteiger partial charge in [-0.15, -0.1) is 0 Å². The van der Waals surface area contributed by atoms with Gasteiger partial charge in [0, 0.05) is 25.2 Å². The van der Waals surface area contributed by atoms with Crippen LogP contribution in [0.25, 0.3) is 0 Å². The number of amides is 1. The summed E-state index contributed by atoms with van der Waals surface area (Å²) in [6, 6.07) is 0.438. The lowest BCUT2D eigenvalue weighted by Crippen LogP contribution is -2.38. The lowest BCUT2D eigenvalue weighted by molar-refractivity contribution is 0.0781. The van der Waals surface area contributed by atoms with Gasteiger partial charge in [-0.25, -0.2) is 0 Å². The van der Waals surface area contributed by atoms with Crippen LogP contribution in [0.15, 0.2) is 4.42 Å². The summed E-state index contributed by atoms with van der Waals surface area (Å²) in [7, 11) is 1.86. The Balaban J connectivity index is 2.10. The molecule has 2 rings (SSSR count). The molecule has 1 fully saturated rings. The van der Waals surface area contributed by atoms with Gasteiger partial charge in [-0.05, 0) is 40.2 Å². The number of carbonyl (C=O) groups excluding carboxylic acids is 1. The molecule has 1 aromatic heterocycles. The Bertz CT molecular complexity index is 445. The van der Waals surface area contributed by atoms with Crippen LogP contribution in [0.1, 0.15) is 40.3 Å². The van der Waals surface area contributed by atoms with Crippen molar-refractivity contribution in [2.75, 3.05) is 20.1 Å². The molecular weight excluding hydrogens is 228 g/mol. The predicted molar refractivity (Wildman–Crippen MR) is 70.9 cm³/mol. The SMILES string of the molecule is Cc1oc(C)c(C(=O)N(C)CC2CCCN2)c1C. The summed E-state index contributed by atoms with van der Waals surface area (Å²) in [5, 5.41) is 3.41. The van der Waals surface area contributed by atoms with E-state index in [-0.39, 0.29) is 5.91 Å². The third-order valence-electron chi connectivity index (χ3n) is 3.78. The van der Waals surface area contributed by atoms with Crippen LogP contribution in [0.5, 0.6) is 0 Å². The summed E-state index contributed by atoms with van der Waals surface area (Å²) in [6.45, 7) is 7.53. The van der Waals surface area contributed by atoms with E-state index in [0.29, 0.717) is 6.04 Å². The number of likely N-dealkylation sites (N-methyl/N-ethyl adjacent to an activating group) is 1. The Labute approximate surface area is 108 Å². The van der Waals surface area contributed by atoms with Crippen molar-refractivity contribution in [3.8, 4) is 0 Å². The average molecular weight is 250 g/mol. The molecule has 2 heterocycles. The summed E-state index contributed by atoms with van der Waals surface area (Å²) in [5.74, 6) is 1.63. The van der Waals surface area contributed by atoms with Crippen LogP contribution in [-0.2, 0) is 0 Å². The van der Waals surface area contributed by atoms with E-state index in [1.54, 1.807) is 4.90 Å². The summed E-state index contributed by atoms with van der Waals surface area (Å²) >= 11 is 0. The zero-order valence-corrected chi connectivity index (χ0v) is 11.7. The van der Waals surface area contributed by atoms with Crippen LogP contribution < -0.4 is 5.32 Å². The van der Waals surface area contributed by atoms with Crippen molar-refractivity contribution in [1.29, 1.82) is 0 Å². The molecule has 0 aliphatic carbocycles. The van der Waals surface area contributed by atoms with E-state index in [1.807, 2.05) is 27.8 Å². The number of carbonyl (C=O) groups is 1. The monoisotopic (exact) mass is 250 g/mol. The number of furan rings is 1. The quantitative estimate of drug-likeness (QED) is 0.892. The lowest BCUT2D eigenvalue weighted by atomic mass is 10.1. The van der Waals surface area contributed by atoms with Crippen molar-refractivity contribution in [2.24, 2.45) is 0 Å². The van der Waals surface area contributed by atoms with E-state index >= 15 is 0 Å². The number of rotatable bonds is 3. The van der Waals surface area contributed by atoms with Gasteiger partial charge in [0.05, 0.1) is 5.56 Å². The van der Waals surface area contributed by atoms with Gasteiger partial charge in [-0.1, -0.05) is 0 Å². The normalized spacial score (nSPS) is 19.2. The molecule has 18 heavy (non-hydrogen) atoms. The van der Waals surface area contributed by atoms with Crippen molar-refractivity contribution in [3.63, 3.8) is 0 Å². The van der Waals surface area contributed by atoms with Crippen molar-refractivity contribution < 1.29 is 9.21 Å². The first-order chi connectivity index (χ1) is 8.50. The first kappa shape index (κ1) is 13.1. The number of nitrogens with zero attached hydrogens (tertiary/aromatic N) is 1. The van der Waals surface area contributed by atoms with Gasteiger partial charge in [0.15, 0.2) is 0 Å². The second-order valence-corrected chi connectivity index (χ2v) is 5.19. The summed E-state index contributed by atoms with van der Waals surface area (Å²) in [5.41, 5.74) is 1.69. The van der Waals surface area contributed by atoms with Gasteiger partial charge in [0.1, 0.15) is 11.5 Å². The van der Waals surface area contributed by atoms with Crippen LogP contribution >= 0.6 is 0 Å². The predicted octanol–water partition coefficient (Wildman–Crippen LogP) is 2.03. The number of hydrogen-bond acceptors (Lipinski definition) is 3. The molecule has 100 valence electrons. The highest BCUT2D eigenvalue weighted by atomic mass is 16.3. The Hall–Kier alpha value is -1.29. The Kier molecular flexibility index (Phi) is 3.76. The highest BCUT2D eigenvalue weighted by Crippen LogP contribution is 2.22. The van der Waals surface area contributed by atoms with Crippen molar-refractivity contribution in [3.05, 3.63) is 22.6 Å². The van der Waals surface area contributed by atoms with Crippen molar-refractivity contribution in [2.45, 2.75) is 39.7 Å². The lowest BCUT2D eigenvalue weighted by Gasteiger charge is -2.21. The maximum absolute atomic E-state index is 12.4. The topological polar surface area (TPSA) is 45.5 Å². The van der Waals surface area contributed by atoms with E-state index in [9.17, 15) is 4.79 Å². The second-order valence-electron chi connectivity index (χ2n) is 5.19. The molecule has 1 aliphatic rings. The van der Waals surface area contributed by atoms with Gasteiger partial charge in [0.2, 0.25) is 0 Å². The third-order valence-corrected chi connectivity index (χ3v) is 3.78. The molecule has 0 bridgehead atoms. The number of hydrogen-bond donors (Lipinski definition) is 1. The molecule has 0 spiro atoms. The minimum atomic E-state index is 0.0653. The van der Waals surface area contributed by atoms with E-state index < -0.39 is 0 Å². The molecule has 0 saturated carbocycles. The summed E-state index contributed by atoms with van der Waals surface area (Å²) in [4.78, 5) is 14.2. The van der Waals surface area contributed by atoms with Gasteiger partial charge >= 0.3 is 0 Å². The van der Waals surface area contributed by atoms with Gasteiger partial charge < -0.3 is 14.6 Å². The van der Waals surface area contributed by atoms with Crippen LogP contribution in [0, 0.1) is 20.8 Å². The molecule has 0 radical (unpaired) electrons. The van der Waals surface area contributed by atoms with Crippen LogP contribution in [0.2, 0.25) is 0 Å². The van der Waals surface area contributed by atoms with Crippen LogP contribution in [0.4, 0.5) is 0 Å². The zero-order chi connectivity index (χ0) is 13.3. The third kappa shape index (κ3) is 2.43. The Morgan fingerprint density at radius 3 is 2.61 bits per heavy atom. The van der Waals surface area contributed by atoms with E-state index in [2.05, 4.69) is 5.32 Å². The number of nitrogens with one attached hydrogen (secondary N) is 1. The van der Waals surface area contributed by atoms with E-state index in [4.69, 9.17) is 4.42 Å². The molecule has 1 atom stereocenters. The summed E-state index contributed by atoms with van der Waals surface area (Å²) in [6.07, 6.45) is 2.36. The smallest absolute Gasteiger partial charge is 0.257 e. The Morgan fingerprint density at radius 1 is 1.39 bits per heavy atom. The van der Waals surface area contributed by atoms with Gasteiger partial charge in [0.25, 0.3) is 5.91 Å². The van der Waals surface area contributed by atoms with Crippen LogP contribution in [0.3, 0.4) is 0 Å². The van der Waals surface area contributed by atoms with Crippen LogP contribution in [-0.4, -0.2) is 37.0 Å². The first-order valence-corrected chi connectivity index (χ1v) is 6.56. The van der Waals surface area contributed by atoms with Gasteiger partial charge in [-0.3, -0.25) is 4.79 Å². The first-order valence-electron chi connectivity index (χ1n) is 6.56. The second kappa shape index (κ2) is 5.14. The van der Waals surface area contributed by atoms with Crippen molar-refractivity contribution >= 4 is 5.91 Å². The fourth-order valence-corrected chi connectivity index (χ4v) is 2.63. The maximum atomic E-state index is 12.4. The molecule has 1 N–H and O–H groups in total. The standard InChI is InChI=1S/C14H22N2O2/c1-9-10(2)18-11(3)13(9)14(17)16(4)8-12-6-5-7-15-12/h12,15H,5-8H2,1-4H3.